The zero-order chi connectivity index (χ0) is 26.1. The Morgan fingerprint density at radius 1 is 1.05 bits per heavy atom. The van der Waals surface area contributed by atoms with Crippen LogP contribution in [0.1, 0.15) is 35.2 Å². The van der Waals surface area contributed by atoms with Gasteiger partial charge in [-0.1, -0.05) is 64.2 Å². The molecule has 0 unspecified atom stereocenters. The molecular formula is C27H24Cl2N6O2. The van der Waals surface area contributed by atoms with Gasteiger partial charge in [-0.2, -0.15) is 4.68 Å². The summed E-state index contributed by atoms with van der Waals surface area (Å²) in [6, 6.07) is 18.2. The van der Waals surface area contributed by atoms with E-state index in [9.17, 15) is 4.79 Å². The molecule has 8 nitrogen and oxygen atoms in total. The van der Waals surface area contributed by atoms with Gasteiger partial charge in [0.2, 0.25) is 5.95 Å². The van der Waals surface area contributed by atoms with E-state index in [0.29, 0.717) is 33.0 Å². The van der Waals surface area contributed by atoms with Gasteiger partial charge in [0.25, 0.3) is 5.91 Å². The molecule has 2 N–H and O–H groups in total. The number of ether oxygens (including phenoxy) is 1. The first-order valence-corrected chi connectivity index (χ1v) is 12.4. The third-order valence-electron chi connectivity index (χ3n) is 6.23. The highest BCUT2D eigenvalue weighted by molar-refractivity contribution is 6.35. The van der Waals surface area contributed by atoms with E-state index in [4.69, 9.17) is 27.9 Å². The summed E-state index contributed by atoms with van der Waals surface area (Å²) >= 11 is 12.5. The van der Waals surface area contributed by atoms with Crippen molar-refractivity contribution in [1.29, 1.82) is 0 Å². The van der Waals surface area contributed by atoms with Crippen LogP contribution < -0.4 is 15.4 Å². The van der Waals surface area contributed by atoms with Crippen LogP contribution in [0.2, 0.25) is 10.0 Å². The number of aromatic nitrogens is 4. The maximum absolute atomic E-state index is 13.6. The Morgan fingerprint density at radius 3 is 2.49 bits per heavy atom. The van der Waals surface area contributed by atoms with Crippen LogP contribution in [0.3, 0.4) is 0 Å². The van der Waals surface area contributed by atoms with E-state index in [-0.39, 0.29) is 12.5 Å². The molecule has 0 saturated carbocycles. The molecule has 1 aliphatic heterocycles. The number of halogens is 2. The average molecular weight is 535 g/mol. The molecule has 1 aliphatic rings. The molecule has 0 fully saturated rings. The molecule has 0 aliphatic carbocycles. The normalized spacial score (nSPS) is 14.7. The van der Waals surface area contributed by atoms with Gasteiger partial charge >= 0.3 is 0 Å². The van der Waals surface area contributed by atoms with Crippen molar-refractivity contribution in [2.45, 2.75) is 33.4 Å². The van der Waals surface area contributed by atoms with Crippen LogP contribution in [0, 0.1) is 13.8 Å². The van der Waals surface area contributed by atoms with E-state index < -0.39 is 6.04 Å². The lowest BCUT2D eigenvalue weighted by atomic mass is 9.94. The Labute approximate surface area is 224 Å². The largest absolute Gasteiger partial charge is 0.489 e. The van der Waals surface area contributed by atoms with E-state index in [1.165, 1.54) is 0 Å². The zero-order valence-electron chi connectivity index (χ0n) is 20.4. The molecule has 188 valence electrons. The van der Waals surface area contributed by atoms with Gasteiger partial charge in [-0.15, -0.1) is 0 Å². The standard InChI is InChI=1S/C27H24Cl2N6O2/c1-15-7-12-23(16(2)13-15)31-26(36)24-17(3)30-27-32-33-34-35(27)25(24)18-8-10-19(11-9-18)37-14-20-21(28)5-4-6-22(20)29/h4-13,25H,14H2,1-3H3,(H,31,36)(H,30,32,34)/t25-/m1/s1. The van der Waals surface area contributed by atoms with Crippen LogP contribution >= 0.6 is 23.2 Å². The third kappa shape index (κ3) is 5.03. The van der Waals surface area contributed by atoms with Gasteiger partial charge in [-0.3, -0.25) is 4.79 Å². The highest BCUT2D eigenvalue weighted by Gasteiger charge is 2.34. The molecule has 5 rings (SSSR count). The van der Waals surface area contributed by atoms with Crippen molar-refractivity contribution >= 4 is 40.7 Å². The zero-order valence-corrected chi connectivity index (χ0v) is 21.9. The third-order valence-corrected chi connectivity index (χ3v) is 6.94. The van der Waals surface area contributed by atoms with E-state index >= 15 is 0 Å². The Morgan fingerprint density at radius 2 is 1.78 bits per heavy atom. The summed E-state index contributed by atoms with van der Waals surface area (Å²) in [6.45, 7) is 6.05. The molecule has 37 heavy (non-hydrogen) atoms. The minimum atomic E-state index is -0.538. The first-order chi connectivity index (χ1) is 17.8. The number of amides is 1. The topological polar surface area (TPSA) is 94.0 Å². The highest BCUT2D eigenvalue weighted by Crippen LogP contribution is 2.36. The number of benzene rings is 3. The van der Waals surface area contributed by atoms with E-state index in [1.807, 2.05) is 63.2 Å². The van der Waals surface area contributed by atoms with E-state index in [1.54, 1.807) is 22.9 Å². The fourth-order valence-corrected chi connectivity index (χ4v) is 4.84. The molecule has 1 aromatic heterocycles. The number of anilines is 2. The number of carbonyl (C=O) groups is 1. The number of nitrogens with zero attached hydrogens (tertiary/aromatic N) is 4. The lowest BCUT2D eigenvalue weighted by Gasteiger charge is -2.28. The van der Waals surface area contributed by atoms with Crippen LogP contribution in [-0.2, 0) is 11.4 Å². The minimum Gasteiger partial charge on any atom is -0.489 e. The van der Waals surface area contributed by atoms with Crippen LogP contribution in [-0.4, -0.2) is 26.1 Å². The number of tetrazole rings is 1. The molecular weight excluding hydrogens is 511 g/mol. The van der Waals surface area contributed by atoms with Gasteiger partial charge in [-0.05, 0) is 72.7 Å². The summed E-state index contributed by atoms with van der Waals surface area (Å²) in [6.07, 6.45) is 0. The molecule has 0 spiro atoms. The number of hydrogen-bond donors (Lipinski definition) is 2. The van der Waals surface area contributed by atoms with Gasteiger partial charge in [0.15, 0.2) is 0 Å². The van der Waals surface area contributed by atoms with Crippen molar-refractivity contribution in [1.82, 2.24) is 20.2 Å². The number of carbonyl (C=O) groups excluding carboxylic acids is 1. The first kappa shape index (κ1) is 24.8. The van der Waals surface area contributed by atoms with E-state index in [0.717, 1.165) is 27.9 Å². The Bertz CT molecular complexity index is 1490. The quantitative estimate of drug-likeness (QED) is 0.310. The maximum atomic E-state index is 13.6. The van der Waals surface area contributed by atoms with Crippen LogP contribution in [0.4, 0.5) is 11.6 Å². The second-order valence-corrected chi connectivity index (χ2v) is 9.66. The molecule has 3 aromatic carbocycles. The number of allylic oxidation sites excluding steroid dienone is 1. The lowest BCUT2D eigenvalue weighted by molar-refractivity contribution is -0.113. The summed E-state index contributed by atoms with van der Waals surface area (Å²) in [5.74, 6) is 0.851. The van der Waals surface area contributed by atoms with Crippen molar-refractivity contribution in [2.24, 2.45) is 0 Å². The fraction of sp³-hybridized carbons (Fsp3) is 0.185. The van der Waals surface area contributed by atoms with E-state index in [2.05, 4.69) is 26.2 Å². The predicted molar refractivity (Wildman–Crippen MR) is 144 cm³/mol. The van der Waals surface area contributed by atoms with Gasteiger partial charge in [0.05, 0.1) is 5.57 Å². The number of aryl methyl sites for hydroxylation is 2. The number of hydrogen-bond acceptors (Lipinski definition) is 6. The fourth-order valence-electron chi connectivity index (χ4n) is 4.33. The van der Waals surface area contributed by atoms with Crippen molar-refractivity contribution < 1.29 is 9.53 Å². The molecule has 0 saturated heterocycles. The smallest absolute Gasteiger partial charge is 0.255 e. The summed E-state index contributed by atoms with van der Waals surface area (Å²) in [5.41, 5.74) is 5.58. The van der Waals surface area contributed by atoms with Crippen LogP contribution in [0.5, 0.6) is 5.75 Å². The molecule has 4 aromatic rings. The Balaban J connectivity index is 1.42. The van der Waals surface area contributed by atoms with Gasteiger partial charge in [-0.25, -0.2) is 0 Å². The van der Waals surface area contributed by atoms with Gasteiger partial charge in [0.1, 0.15) is 18.4 Å². The molecule has 10 heteroatoms. The lowest BCUT2D eigenvalue weighted by Crippen LogP contribution is -2.31. The second-order valence-electron chi connectivity index (χ2n) is 8.84. The molecule has 0 radical (unpaired) electrons. The monoisotopic (exact) mass is 534 g/mol. The minimum absolute atomic E-state index is 0.227. The van der Waals surface area contributed by atoms with Crippen molar-refractivity contribution in [2.75, 3.05) is 10.6 Å². The predicted octanol–water partition coefficient (Wildman–Crippen LogP) is 6.10. The van der Waals surface area contributed by atoms with Crippen LogP contribution in [0.15, 0.2) is 71.9 Å². The first-order valence-electron chi connectivity index (χ1n) is 11.6. The Hall–Kier alpha value is -3.88. The maximum Gasteiger partial charge on any atom is 0.255 e. The number of fused-ring (bicyclic) bond motifs is 1. The highest BCUT2D eigenvalue weighted by atomic mass is 35.5. The summed E-state index contributed by atoms with van der Waals surface area (Å²) < 4.78 is 7.53. The summed E-state index contributed by atoms with van der Waals surface area (Å²) in [7, 11) is 0. The second kappa shape index (κ2) is 10.2. The summed E-state index contributed by atoms with van der Waals surface area (Å²) in [4.78, 5) is 13.6. The molecule has 0 bridgehead atoms. The number of rotatable bonds is 6. The van der Waals surface area contributed by atoms with Crippen molar-refractivity contribution in [3.63, 3.8) is 0 Å². The average Bonchev–Trinajstić information content (AvgIpc) is 3.33. The molecule has 1 atom stereocenters. The van der Waals surface area contributed by atoms with Gasteiger partial charge in [0, 0.05) is 27.0 Å². The molecule has 1 amide bonds. The number of nitrogens with one attached hydrogen (secondary N) is 2. The van der Waals surface area contributed by atoms with Crippen molar-refractivity contribution in [3.05, 3.63) is 104 Å². The summed E-state index contributed by atoms with van der Waals surface area (Å²) in [5, 5.41) is 19.3. The van der Waals surface area contributed by atoms with Gasteiger partial charge < -0.3 is 15.4 Å². The molecule has 2 heterocycles. The Kier molecular flexibility index (Phi) is 6.86. The van der Waals surface area contributed by atoms with Crippen molar-refractivity contribution in [3.8, 4) is 5.75 Å². The SMILES string of the molecule is CC1=C(C(=O)Nc2ccc(C)cc2C)[C@@H](c2ccc(OCc3c(Cl)cccc3Cl)cc2)n2nnnc2N1. The van der Waals surface area contributed by atoms with Crippen LogP contribution in [0.25, 0.3) is 0 Å².